The van der Waals surface area contributed by atoms with Gasteiger partial charge in [-0.3, -0.25) is 9.69 Å². The standard InChI is InChI=1S/C14H21N3O2/c1-2-13-15-14(19-16-13)9-17-8-4-6-11(17)10-5-3-7-12(10)18/h10-11H,2-9H2,1H3. The molecule has 1 aliphatic carbocycles. The van der Waals surface area contributed by atoms with Crippen molar-refractivity contribution in [3.63, 3.8) is 0 Å². The van der Waals surface area contributed by atoms with Crippen LogP contribution in [0.3, 0.4) is 0 Å². The summed E-state index contributed by atoms with van der Waals surface area (Å²) in [5, 5.41) is 3.93. The summed E-state index contributed by atoms with van der Waals surface area (Å²) in [4.78, 5) is 18.7. The molecule has 1 aromatic rings. The van der Waals surface area contributed by atoms with Gasteiger partial charge in [-0.2, -0.15) is 4.98 Å². The average Bonchev–Trinajstić information content (AvgIpc) is 3.10. The maximum atomic E-state index is 11.9. The summed E-state index contributed by atoms with van der Waals surface area (Å²) < 4.78 is 5.27. The first-order valence-corrected chi connectivity index (χ1v) is 7.36. The fraction of sp³-hybridized carbons (Fsp3) is 0.786. The van der Waals surface area contributed by atoms with Crippen LogP contribution in [-0.4, -0.2) is 33.4 Å². The number of ketones is 1. The van der Waals surface area contributed by atoms with Gasteiger partial charge in [0, 0.05) is 24.8 Å². The predicted octanol–water partition coefficient (Wildman–Crippen LogP) is 1.97. The molecule has 2 fully saturated rings. The Labute approximate surface area is 113 Å². The second-order valence-corrected chi connectivity index (χ2v) is 5.60. The minimum Gasteiger partial charge on any atom is -0.338 e. The summed E-state index contributed by atoms with van der Waals surface area (Å²) in [6.07, 6.45) is 6.00. The van der Waals surface area contributed by atoms with Gasteiger partial charge in [0.25, 0.3) is 0 Å². The van der Waals surface area contributed by atoms with Crippen molar-refractivity contribution >= 4 is 5.78 Å². The molecule has 0 amide bonds. The quantitative estimate of drug-likeness (QED) is 0.831. The SMILES string of the molecule is CCc1noc(CN2CCCC2C2CCCC2=O)n1. The molecule has 0 N–H and O–H groups in total. The summed E-state index contributed by atoms with van der Waals surface area (Å²) in [5.74, 6) is 2.16. The molecule has 1 aromatic heterocycles. The number of aryl methyl sites for hydroxylation is 1. The lowest BCUT2D eigenvalue weighted by Crippen LogP contribution is -2.37. The van der Waals surface area contributed by atoms with Crippen LogP contribution < -0.4 is 0 Å². The number of Topliss-reactive ketones (excluding diaryl/α,β-unsaturated/α-hetero) is 1. The highest BCUT2D eigenvalue weighted by Gasteiger charge is 2.38. The maximum Gasteiger partial charge on any atom is 0.240 e. The molecule has 0 spiro atoms. The van der Waals surface area contributed by atoms with Gasteiger partial charge in [0.15, 0.2) is 5.82 Å². The van der Waals surface area contributed by atoms with Gasteiger partial charge in [-0.15, -0.1) is 0 Å². The summed E-state index contributed by atoms with van der Waals surface area (Å²) >= 11 is 0. The van der Waals surface area contributed by atoms with Crippen molar-refractivity contribution in [1.29, 1.82) is 0 Å². The molecular formula is C14H21N3O2. The smallest absolute Gasteiger partial charge is 0.240 e. The second kappa shape index (κ2) is 5.41. The highest BCUT2D eigenvalue weighted by atomic mass is 16.5. The van der Waals surface area contributed by atoms with E-state index < -0.39 is 0 Å². The Hall–Kier alpha value is -1.23. The molecule has 2 aliphatic rings. The Kier molecular flexibility index (Phi) is 3.64. The Morgan fingerprint density at radius 1 is 1.37 bits per heavy atom. The fourth-order valence-corrected chi connectivity index (χ4v) is 3.43. The first-order chi connectivity index (χ1) is 9.28. The number of hydrogen-bond donors (Lipinski definition) is 0. The third-order valence-electron chi connectivity index (χ3n) is 4.40. The molecule has 1 saturated heterocycles. The van der Waals surface area contributed by atoms with E-state index in [9.17, 15) is 4.79 Å². The van der Waals surface area contributed by atoms with Crippen LogP contribution in [-0.2, 0) is 17.8 Å². The highest BCUT2D eigenvalue weighted by Crippen LogP contribution is 2.33. The molecular weight excluding hydrogens is 242 g/mol. The Balaban J connectivity index is 1.67. The van der Waals surface area contributed by atoms with E-state index in [-0.39, 0.29) is 5.92 Å². The third-order valence-corrected chi connectivity index (χ3v) is 4.40. The molecule has 0 bridgehead atoms. The van der Waals surface area contributed by atoms with E-state index in [0.29, 0.717) is 24.3 Å². The zero-order chi connectivity index (χ0) is 13.2. The molecule has 3 rings (SSSR count). The number of carbonyl (C=O) groups is 1. The van der Waals surface area contributed by atoms with Gasteiger partial charge in [0.05, 0.1) is 6.54 Å². The van der Waals surface area contributed by atoms with Crippen molar-refractivity contribution in [3.8, 4) is 0 Å². The topological polar surface area (TPSA) is 59.2 Å². The zero-order valence-electron chi connectivity index (χ0n) is 11.5. The first-order valence-electron chi connectivity index (χ1n) is 7.36. The number of rotatable bonds is 4. The van der Waals surface area contributed by atoms with E-state index in [1.54, 1.807) is 0 Å². The highest BCUT2D eigenvalue weighted by molar-refractivity contribution is 5.83. The largest absolute Gasteiger partial charge is 0.338 e. The minimum absolute atomic E-state index is 0.246. The monoisotopic (exact) mass is 263 g/mol. The van der Waals surface area contributed by atoms with E-state index >= 15 is 0 Å². The molecule has 2 unspecified atom stereocenters. The Morgan fingerprint density at radius 3 is 2.95 bits per heavy atom. The summed E-state index contributed by atoms with van der Waals surface area (Å²) in [6, 6.07) is 0.395. The van der Waals surface area contributed by atoms with Crippen molar-refractivity contribution in [2.24, 2.45) is 5.92 Å². The van der Waals surface area contributed by atoms with E-state index in [4.69, 9.17) is 4.52 Å². The van der Waals surface area contributed by atoms with Crippen molar-refractivity contribution in [1.82, 2.24) is 15.0 Å². The number of nitrogens with zero attached hydrogens (tertiary/aromatic N) is 3. The normalized spacial score (nSPS) is 28.4. The molecule has 2 atom stereocenters. The average molecular weight is 263 g/mol. The number of aromatic nitrogens is 2. The van der Waals surface area contributed by atoms with Gasteiger partial charge in [-0.25, -0.2) is 0 Å². The van der Waals surface area contributed by atoms with Gasteiger partial charge >= 0.3 is 0 Å². The van der Waals surface area contributed by atoms with Gasteiger partial charge < -0.3 is 4.52 Å². The molecule has 5 heteroatoms. The van der Waals surface area contributed by atoms with E-state index in [1.165, 1.54) is 6.42 Å². The molecule has 0 radical (unpaired) electrons. The van der Waals surface area contributed by atoms with Crippen molar-refractivity contribution in [2.75, 3.05) is 6.54 Å². The van der Waals surface area contributed by atoms with Crippen LogP contribution in [0.1, 0.15) is 50.7 Å². The lowest BCUT2D eigenvalue weighted by atomic mass is 9.95. The summed E-state index contributed by atoms with van der Waals surface area (Å²) in [6.45, 7) is 3.75. The fourth-order valence-electron chi connectivity index (χ4n) is 3.43. The molecule has 1 aliphatic heterocycles. The van der Waals surface area contributed by atoms with Gasteiger partial charge in [0.1, 0.15) is 5.78 Å². The van der Waals surface area contributed by atoms with Crippen LogP contribution in [0.5, 0.6) is 0 Å². The number of carbonyl (C=O) groups excluding carboxylic acids is 1. The molecule has 2 heterocycles. The molecule has 1 saturated carbocycles. The van der Waals surface area contributed by atoms with Crippen LogP contribution in [0, 0.1) is 5.92 Å². The molecule has 19 heavy (non-hydrogen) atoms. The Bertz CT molecular complexity index is 457. The van der Waals surface area contributed by atoms with Crippen LogP contribution in [0.15, 0.2) is 4.52 Å². The third kappa shape index (κ3) is 2.56. The summed E-state index contributed by atoms with van der Waals surface area (Å²) in [7, 11) is 0. The molecule has 104 valence electrons. The van der Waals surface area contributed by atoms with Gasteiger partial charge in [-0.1, -0.05) is 12.1 Å². The van der Waals surface area contributed by atoms with E-state index in [2.05, 4.69) is 15.0 Å². The van der Waals surface area contributed by atoms with E-state index in [1.807, 2.05) is 6.92 Å². The lowest BCUT2D eigenvalue weighted by molar-refractivity contribution is -0.122. The van der Waals surface area contributed by atoms with Gasteiger partial charge in [0.2, 0.25) is 5.89 Å². The lowest BCUT2D eigenvalue weighted by Gasteiger charge is -2.27. The predicted molar refractivity (Wildman–Crippen MR) is 69.5 cm³/mol. The molecule has 5 nitrogen and oxygen atoms in total. The first kappa shape index (κ1) is 12.8. The second-order valence-electron chi connectivity index (χ2n) is 5.60. The van der Waals surface area contributed by atoms with Crippen molar-refractivity contribution in [2.45, 2.75) is 58.0 Å². The van der Waals surface area contributed by atoms with Crippen LogP contribution in [0.2, 0.25) is 0 Å². The Morgan fingerprint density at radius 2 is 2.26 bits per heavy atom. The van der Waals surface area contributed by atoms with Crippen LogP contribution in [0.25, 0.3) is 0 Å². The number of hydrogen-bond acceptors (Lipinski definition) is 5. The van der Waals surface area contributed by atoms with Gasteiger partial charge in [-0.05, 0) is 32.2 Å². The van der Waals surface area contributed by atoms with Crippen molar-refractivity contribution in [3.05, 3.63) is 11.7 Å². The zero-order valence-corrected chi connectivity index (χ0v) is 11.5. The van der Waals surface area contributed by atoms with Crippen molar-refractivity contribution < 1.29 is 9.32 Å². The van der Waals surface area contributed by atoms with Crippen LogP contribution >= 0.6 is 0 Å². The minimum atomic E-state index is 0.246. The number of likely N-dealkylation sites (tertiary alicyclic amines) is 1. The van der Waals surface area contributed by atoms with Crippen LogP contribution in [0.4, 0.5) is 0 Å². The summed E-state index contributed by atoms with van der Waals surface area (Å²) in [5.41, 5.74) is 0. The maximum absolute atomic E-state index is 11.9. The molecule has 0 aromatic carbocycles. The van der Waals surface area contributed by atoms with E-state index in [0.717, 1.165) is 44.5 Å².